The minimum Gasteiger partial charge on any atom is -0.378 e. The zero-order chi connectivity index (χ0) is 14.8. The van der Waals surface area contributed by atoms with Crippen molar-refractivity contribution in [3.63, 3.8) is 0 Å². The minimum absolute atomic E-state index is 0.0761. The zero-order valence-corrected chi connectivity index (χ0v) is 12.3. The van der Waals surface area contributed by atoms with Crippen molar-refractivity contribution in [1.82, 2.24) is 0 Å². The molecule has 0 bridgehead atoms. The lowest BCUT2D eigenvalue weighted by atomic mass is 10.1. The van der Waals surface area contributed by atoms with Gasteiger partial charge >= 0.3 is 0 Å². The molecule has 106 valence electrons. The standard InChI is InChI=1S/C15H18N2O2S/c1-11-8-9-14(10-15(11)20(16,18)19)17-12(2)13-6-4-3-5-7-13/h3-10,12,17H,1-2H3,(H2,16,18,19). The molecule has 2 aromatic carbocycles. The third-order valence-electron chi connectivity index (χ3n) is 3.18. The second-order valence-electron chi connectivity index (χ2n) is 4.80. The first-order valence-electron chi connectivity index (χ1n) is 6.33. The van der Waals surface area contributed by atoms with E-state index in [1.807, 2.05) is 43.3 Å². The van der Waals surface area contributed by atoms with Gasteiger partial charge in [-0.25, -0.2) is 13.6 Å². The quantitative estimate of drug-likeness (QED) is 0.909. The van der Waals surface area contributed by atoms with E-state index in [-0.39, 0.29) is 10.9 Å². The first kappa shape index (κ1) is 14.6. The Morgan fingerprint density at radius 1 is 1.10 bits per heavy atom. The largest absolute Gasteiger partial charge is 0.378 e. The summed E-state index contributed by atoms with van der Waals surface area (Å²) in [7, 11) is -3.70. The van der Waals surface area contributed by atoms with Gasteiger partial charge in [0.1, 0.15) is 0 Å². The van der Waals surface area contributed by atoms with Gasteiger partial charge in [-0.05, 0) is 37.1 Å². The van der Waals surface area contributed by atoms with E-state index in [0.29, 0.717) is 5.56 Å². The molecule has 0 fully saturated rings. The van der Waals surface area contributed by atoms with Gasteiger partial charge in [0.15, 0.2) is 0 Å². The molecule has 0 aliphatic carbocycles. The first-order chi connectivity index (χ1) is 9.38. The third-order valence-corrected chi connectivity index (χ3v) is 4.23. The molecule has 2 rings (SSSR count). The van der Waals surface area contributed by atoms with E-state index in [1.54, 1.807) is 19.1 Å². The van der Waals surface area contributed by atoms with Crippen LogP contribution >= 0.6 is 0 Å². The molecule has 3 N–H and O–H groups in total. The van der Waals surface area contributed by atoms with Crippen molar-refractivity contribution in [2.45, 2.75) is 24.8 Å². The Labute approximate surface area is 119 Å². The summed E-state index contributed by atoms with van der Waals surface area (Å²) < 4.78 is 23.0. The van der Waals surface area contributed by atoms with E-state index in [0.717, 1.165) is 11.3 Å². The molecule has 0 aromatic heterocycles. The Morgan fingerprint density at radius 3 is 2.35 bits per heavy atom. The van der Waals surface area contributed by atoms with Crippen molar-refractivity contribution in [1.29, 1.82) is 0 Å². The summed E-state index contributed by atoms with van der Waals surface area (Å²) in [6.07, 6.45) is 0. The Balaban J connectivity index is 2.27. The zero-order valence-electron chi connectivity index (χ0n) is 11.5. The number of primary sulfonamides is 1. The number of nitrogens with one attached hydrogen (secondary N) is 1. The number of sulfonamides is 1. The van der Waals surface area contributed by atoms with Crippen LogP contribution in [0.4, 0.5) is 5.69 Å². The number of benzene rings is 2. The highest BCUT2D eigenvalue weighted by Crippen LogP contribution is 2.23. The van der Waals surface area contributed by atoms with E-state index in [1.165, 1.54) is 0 Å². The van der Waals surface area contributed by atoms with E-state index in [2.05, 4.69) is 5.32 Å². The van der Waals surface area contributed by atoms with Crippen LogP contribution in [0.3, 0.4) is 0 Å². The van der Waals surface area contributed by atoms with Crippen LogP contribution < -0.4 is 10.5 Å². The smallest absolute Gasteiger partial charge is 0.238 e. The van der Waals surface area contributed by atoms with Crippen LogP contribution in [0, 0.1) is 6.92 Å². The fraction of sp³-hybridized carbons (Fsp3) is 0.200. The monoisotopic (exact) mass is 290 g/mol. The summed E-state index contributed by atoms with van der Waals surface area (Å²) in [4.78, 5) is 0.155. The van der Waals surface area contributed by atoms with Gasteiger partial charge in [-0.3, -0.25) is 0 Å². The van der Waals surface area contributed by atoms with E-state index in [4.69, 9.17) is 5.14 Å². The van der Waals surface area contributed by atoms with Crippen LogP contribution in [0.5, 0.6) is 0 Å². The molecule has 0 heterocycles. The van der Waals surface area contributed by atoms with Crippen molar-refractivity contribution < 1.29 is 8.42 Å². The third kappa shape index (κ3) is 3.37. The predicted molar refractivity (Wildman–Crippen MR) is 81.0 cm³/mol. The van der Waals surface area contributed by atoms with Crippen LogP contribution in [-0.2, 0) is 10.0 Å². The maximum atomic E-state index is 11.5. The number of anilines is 1. The predicted octanol–water partition coefficient (Wildman–Crippen LogP) is 2.82. The number of nitrogens with two attached hydrogens (primary N) is 1. The Kier molecular flexibility index (Phi) is 4.11. The molecule has 1 atom stereocenters. The maximum Gasteiger partial charge on any atom is 0.238 e. The molecule has 5 heteroatoms. The van der Waals surface area contributed by atoms with Gasteiger partial charge in [-0.1, -0.05) is 36.4 Å². The van der Waals surface area contributed by atoms with Crippen molar-refractivity contribution in [3.05, 3.63) is 59.7 Å². The van der Waals surface area contributed by atoms with Gasteiger partial charge in [0.2, 0.25) is 10.0 Å². The van der Waals surface area contributed by atoms with Gasteiger partial charge in [-0.15, -0.1) is 0 Å². The van der Waals surface area contributed by atoms with Crippen molar-refractivity contribution in [2.24, 2.45) is 5.14 Å². The molecule has 0 saturated heterocycles. The Hall–Kier alpha value is -1.85. The van der Waals surface area contributed by atoms with Crippen molar-refractivity contribution in [3.8, 4) is 0 Å². The Morgan fingerprint density at radius 2 is 1.75 bits per heavy atom. The molecule has 2 aromatic rings. The summed E-state index contributed by atoms with van der Waals surface area (Å²) in [5.41, 5.74) is 2.51. The maximum absolute atomic E-state index is 11.5. The van der Waals surface area contributed by atoms with Gasteiger partial charge < -0.3 is 5.32 Å². The van der Waals surface area contributed by atoms with Crippen LogP contribution in [0.15, 0.2) is 53.4 Å². The highest BCUT2D eigenvalue weighted by Gasteiger charge is 2.13. The SMILES string of the molecule is Cc1ccc(NC(C)c2ccccc2)cc1S(N)(=O)=O. The first-order valence-corrected chi connectivity index (χ1v) is 7.87. The number of aryl methyl sites for hydroxylation is 1. The Bertz CT molecular complexity index is 697. The lowest BCUT2D eigenvalue weighted by Crippen LogP contribution is -2.14. The highest BCUT2D eigenvalue weighted by atomic mass is 32.2. The molecule has 0 spiro atoms. The van der Waals surface area contributed by atoms with Crippen molar-refractivity contribution in [2.75, 3.05) is 5.32 Å². The molecule has 0 radical (unpaired) electrons. The fourth-order valence-electron chi connectivity index (χ4n) is 2.07. The van der Waals surface area contributed by atoms with Crippen LogP contribution in [0.25, 0.3) is 0 Å². The topological polar surface area (TPSA) is 72.2 Å². The minimum atomic E-state index is -3.70. The number of rotatable bonds is 4. The highest BCUT2D eigenvalue weighted by molar-refractivity contribution is 7.89. The fourth-order valence-corrected chi connectivity index (χ4v) is 2.88. The summed E-state index contributed by atoms with van der Waals surface area (Å²) >= 11 is 0. The molecular weight excluding hydrogens is 272 g/mol. The summed E-state index contributed by atoms with van der Waals surface area (Å²) in [5, 5.41) is 8.49. The lowest BCUT2D eigenvalue weighted by Gasteiger charge is -2.16. The molecule has 0 aliphatic rings. The van der Waals surface area contributed by atoms with E-state index < -0.39 is 10.0 Å². The average Bonchev–Trinajstić information content (AvgIpc) is 2.40. The molecule has 0 aliphatic heterocycles. The van der Waals surface area contributed by atoms with Crippen LogP contribution in [0.1, 0.15) is 24.1 Å². The lowest BCUT2D eigenvalue weighted by molar-refractivity contribution is 0.597. The van der Waals surface area contributed by atoms with Gasteiger partial charge in [0.25, 0.3) is 0 Å². The normalized spacial score (nSPS) is 12.9. The van der Waals surface area contributed by atoms with Crippen molar-refractivity contribution >= 4 is 15.7 Å². The van der Waals surface area contributed by atoms with Gasteiger partial charge in [0, 0.05) is 11.7 Å². The molecule has 1 unspecified atom stereocenters. The average molecular weight is 290 g/mol. The summed E-state index contributed by atoms with van der Waals surface area (Å²) in [5.74, 6) is 0. The molecule has 20 heavy (non-hydrogen) atoms. The molecular formula is C15H18N2O2S. The van der Waals surface area contributed by atoms with Gasteiger partial charge in [0.05, 0.1) is 4.90 Å². The number of hydrogen-bond donors (Lipinski definition) is 2. The molecule has 0 saturated carbocycles. The van der Waals surface area contributed by atoms with Crippen LogP contribution in [-0.4, -0.2) is 8.42 Å². The van der Waals surface area contributed by atoms with E-state index >= 15 is 0 Å². The molecule has 0 amide bonds. The second kappa shape index (κ2) is 5.64. The number of hydrogen-bond acceptors (Lipinski definition) is 3. The van der Waals surface area contributed by atoms with Crippen LogP contribution in [0.2, 0.25) is 0 Å². The second-order valence-corrected chi connectivity index (χ2v) is 6.33. The summed E-state index contributed by atoms with van der Waals surface area (Å²) in [6, 6.07) is 15.2. The van der Waals surface area contributed by atoms with Gasteiger partial charge in [-0.2, -0.15) is 0 Å². The van der Waals surface area contributed by atoms with E-state index in [9.17, 15) is 8.42 Å². The summed E-state index contributed by atoms with van der Waals surface area (Å²) in [6.45, 7) is 3.75. The molecule has 4 nitrogen and oxygen atoms in total.